The van der Waals surface area contributed by atoms with E-state index in [1.54, 1.807) is 0 Å². The number of methoxy groups -OCH3 is 2. The van der Waals surface area contributed by atoms with Crippen molar-refractivity contribution in [2.45, 2.75) is 31.6 Å². The van der Waals surface area contributed by atoms with E-state index in [1.165, 1.54) is 14.2 Å². The first-order chi connectivity index (χ1) is 17.1. The predicted molar refractivity (Wildman–Crippen MR) is 127 cm³/mol. The van der Waals surface area contributed by atoms with Crippen molar-refractivity contribution in [3.8, 4) is 0 Å². The fourth-order valence-corrected chi connectivity index (χ4v) is 4.11. The molecule has 2 atom stereocenters. The number of benzene rings is 2. The summed E-state index contributed by atoms with van der Waals surface area (Å²) in [6.07, 6.45) is 12.4. The SMILES string of the molecule is COC(=O)[C@H](Cc1ccccc1)n1cc[n+](C[n+]2ccn([C@@H](Cc3ccccc3)C(=O)OC)c2)c1. The van der Waals surface area contributed by atoms with Gasteiger partial charge >= 0.3 is 11.9 Å². The van der Waals surface area contributed by atoms with Crippen LogP contribution in [-0.4, -0.2) is 35.3 Å². The van der Waals surface area contributed by atoms with Gasteiger partial charge in [-0.2, -0.15) is 9.13 Å². The molecule has 4 rings (SSSR count). The van der Waals surface area contributed by atoms with E-state index in [9.17, 15) is 9.59 Å². The van der Waals surface area contributed by atoms with Gasteiger partial charge < -0.3 is 9.47 Å². The maximum Gasteiger partial charge on any atom is 0.351 e. The average Bonchev–Trinajstić information content (AvgIpc) is 3.56. The number of carbonyl (C=O) groups excluding carboxylic acids is 2. The molecular formula is C27H30N4O4+2. The van der Waals surface area contributed by atoms with Crippen LogP contribution in [0.2, 0.25) is 0 Å². The fourth-order valence-electron chi connectivity index (χ4n) is 4.11. The van der Waals surface area contributed by atoms with E-state index in [0.717, 1.165) is 11.1 Å². The Bertz CT molecular complexity index is 1150. The van der Waals surface area contributed by atoms with Crippen LogP contribution in [0.4, 0.5) is 0 Å². The van der Waals surface area contributed by atoms with Crippen LogP contribution in [0.25, 0.3) is 0 Å². The molecule has 2 heterocycles. The Labute approximate surface area is 204 Å². The Morgan fingerprint density at radius 1 is 0.714 bits per heavy atom. The van der Waals surface area contributed by atoms with Gasteiger partial charge in [0, 0.05) is 12.8 Å². The van der Waals surface area contributed by atoms with Gasteiger partial charge in [-0.15, -0.1) is 0 Å². The lowest BCUT2D eigenvalue weighted by Crippen LogP contribution is -2.49. The Balaban J connectivity index is 1.49. The van der Waals surface area contributed by atoms with Crippen molar-refractivity contribution in [3.05, 3.63) is 109 Å². The number of aromatic nitrogens is 4. The van der Waals surface area contributed by atoms with Crippen molar-refractivity contribution in [1.29, 1.82) is 0 Å². The molecule has 180 valence electrons. The van der Waals surface area contributed by atoms with Crippen molar-refractivity contribution in [2.24, 2.45) is 0 Å². The standard InChI is InChI=1S/C27H30N4O4/c1-34-26(32)24(17-22-9-5-3-6-10-22)30-15-13-28(20-30)19-29-14-16-31(21-29)25(27(33)35-2)18-23-11-7-4-8-12-23/h3-16,20-21,24-25H,17-19H2,1-2H3/q+2/t24-,25-/m0/s1. The lowest BCUT2D eigenvalue weighted by molar-refractivity contribution is -0.912. The lowest BCUT2D eigenvalue weighted by Gasteiger charge is -2.11. The molecule has 2 aromatic heterocycles. The van der Waals surface area contributed by atoms with Gasteiger partial charge in [-0.05, 0) is 11.1 Å². The summed E-state index contributed by atoms with van der Waals surface area (Å²) in [5.74, 6) is -0.588. The molecule has 0 aliphatic rings. The highest BCUT2D eigenvalue weighted by atomic mass is 16.5. The molecule has 35 heavy (non-hydrogen) atoms. The summed E-state index contributed by atoms with van der Waals surface area (Å²) in [5.41, 5.74) is 2.11. The van der Waals surface area contributed by atoms with Crippen molar-refractivity contribution < 1.29 is 28.2 Å². The average molecular weight is 475 g/mol. The van der Waals surface area contributed by atoms with Crippen molar-refractivity contribution in [3.63, 3.8) is 0 Å². The Morgan fingerprint density at radius 2 is 1.11 bits per heavy atom. The number of carbonyl (C=O) groups is 2. The first kappa shape index (κ1) is 23.9. The number of esters is 2. The fraction of sp³-hybridized carbons (Fsp3) is 0.259. The van der Waals surface area contributed by atoms with Crippen molar-refractivity contribution >= 4 is 11.9 Å². The van der Waals surface area contributed by atoms with Crippen LogP contribution in [0.15, 0.2) is 98.1 Å². The summed E-state index contributed by atoms with van der Waals surface area (Å²) in [6.45, 7) is 0.512. The summed E-state index contributed by atoms with van der Waals surface area (Å²) < 4.78 is 17.8. The Kier molecular flexibility index (Phi) is 7.72. The quantitative estimate of drug-likeness (QED) is 0.261. The number of ether oxygens (including phenoxy) is 2. The van der Waals surface area contributed by atoms with Crippen LogP contribution >= 0.6 is 0 Å². The molecule has 0 aliphatic carbocycles. The number of imidazole rings is 2. The van der Waals surface area contributed by atoms with Gasteiger partial charge in [0.1, 0.15) is 24.8 Å². The number of rotatable bonds is 10. The third kappa shape index (κ3) is 6.03. The maximum atomic E-state index is 12.5. The molecule has 4 aromatic rings. The van der Waals surface area contributed by atoms with Crippen LogP contribution in [0, 0.1) is 0 Å². The minimum atomic E-state index is -0.465. The zero-order chi connectivity index (χ0) is 24.6. The first-order valence-electron chi connectivity index (χ1n) is 11.4. The topological polar surface area (TPSA) is 70.2 Å². The molecule has 8 heteroatoms. The largest absolute Gasteiger partial charge is 0.466 e. The molecule has 0 saturated carbocycles. The minimum absolute atomic E-state index is 0.294. The van der Waals surface area contributed by atoms with Crippen molar-refractivity contribution in [1.82, 2.24) is 9.13 Å². The smallest absolute Gasteiger partial charge is 0.351 e. The summed E-state index contributed by atoms with van der Waals surface area (Å²) in [6, 6.07) is 18.8. The Morgan fingerprint density at radius 3 is 1.49 bits per heavy atom. The van der Waals surface area contributed by atoms with Crippen LogP contribution in [-0.2, 0) is 38.6 Å². The molecular weight excluding hydrogens is 444 g/mol. The third-order valence-electron chi connectivity index (χ3n) is 5.96. The summed E-state index contributed by atoms with van der Waals surface area (Å²) >= 11 is 0. The highest BCUT2D eigenvalue weighted by molar-refractivity contribution is 5.75. The van der Waals surface area contributed by atoms with E-state index in [-0.39, 0.29) is 11.9 Å². The maximum absolute atomic E-state index is 12.5. The van der Waals surface area contributed by atoms with Crippen LogP contribution in [0.3, 0.4) is 0 Å². The molecule has 0 unspecified atom stereocenters. The minimum Gasteiger partial charge on any atom is -0.466 e. The molecule has 2 aromatic carbocycles. The number of hydrogen-bond donors (Lipinski definition) is 0. The second kappa shape index (κ2) is 11.3. The van der Waals surface area contributed by atoms with Crippen LogP contribution in [0.5, 0.6) is 0 Å². The molecule has 0 radical (unpaired) electrons. The lowest BCUT2D eigenvalue weighted by atomic mass is 10.1. The van der Waals surface area contributed by atoms with Crippen LogP contribution in [0.1, 0.15) is 23.2 Å². The summed E-state index contributed by atoms with van der Waals surface area (Å²) in [4.78, 5) is 25.0. The van der Waals surface area contributed by atoms with E-state index >= 15 is 0 Å². The second-order valence-corrected chi connectivity index (χ2v) is 8.35. The number of hydrogen-bond acceptors (Lipinski definition) is 4. The second-order valence-electron chi connectivity index (χ2n) is 8.35. The van der Waals surface area contributed by atoms with E-state index in [4.69, 9.17) is 9.47 Å². The monoisotopic (exact) mass is 474 g/mol. The molecule has 0 bridgehead atoms. The van der Waals surface area contributed by atoms with Gasteiger partial charge in [0.25, 0.3) is 0 Å². The Hall–Kier alpha value is -4.20. The molecule has 0 spiro atoms. The zero-order valence-corrected chi connectivity index (χ0v) is 19.9. The van der Waals surface area contributed by atoms with Gasteiger partial charge in [-0.25, -0.2) is 18.7 Å². The molecule has 0 saturated heterocycles. The van der Waals surface area contributed by atoms with Gasteiger partial charge in [0.15, 0.2) is 0 Å². The highest BCUT2D eigenvalue weighted by Gasteiger charge is 2.29. The molecule has 0 aliphatic heterocycles. The number of nitrogens with zero attached hydrogens (tertiary/aromatic N) is 4. The zero-order valence-electron chi connectivity index (χ0n) is 19.9. The molecule has 0 N–H and O–H groups in total. The van der Waals surface area contributed by atoms with Gasteiger partial charge in [-0.1, -0.05) is 60.7 Å². The van der Waals surface area contributed by atoms with E-state index in [1.807, 2.05) is 116 Å². The van der Waals surface area contributed by atoms with Gasteiger partial charge in [-0.3, -0.25) is 0 Å². The summed E-state index contributed by atoms with van der Waals surface area (Å²) in [7, 11) is 2.81. The van der Waals surface area contributed by atoms with E-state index in [2.05, 4.69) is 0 Å². The molecule has 0 amide bonds. The van der Waals surface area contributed by atoms with Gasteiger partial charge in [0.05, 0.1) is 14.2 Å². The predicted octanol–water partition coefficient (Wildman–Crippen LogP) is 2.28. The normalized spacial score (nSPS) is 12.6. The first-order valence-corrected chi connectivity index (χ1v) is 11.4. The van der Waals surface area contributed by atoms with Crippen molar-refractivity contribution in [2.75, 3.05) is 14.2 Å². The van der Waals surface area contributed by atoms with Crippen LogP contribution < -0.4 is 9.13 Å². The van der Waals surface area contributed by atoms with E-state index in [0.29, 0.717) is 19.5 Å². The molecule has 8 nitrogen and oxygen atoms in total. The summed E-state index contributed by atoms with van der Waals surface area (Å²) in [5, 5.41) is 0. The van der Waals surface area contributed by atoms with Gasteiger partial charge in [0.2, 0.25) is 31.4 Å². The van der Waals surface area contributed by atoms with E-state index < -0.39 is 12.1 Å². The highest BCUT2D eigenvalue weighted by Crippen LogP contribution is 2.17. The third-order valence-corrected chi connectivity index (χ3v) is 5.96. The molecule has 0 fully saturated rings.